The van der Waals surface area contributed by atoms with Crippen molar-refractivity contribution in [3.05, 3.63) is 39.9 Å². The van der Waals surface area contributed by atoms with Gasteiger partial charge in [0, 0.05) is 12.5 Å². The number of rotatable bonds is 9. The number of carboxylic acids is 3. The fraction of sp³-hybridized carbons (Fsp3) is 0.308. The van der Waals surface area contributed by atoms with Crippen LogP contribution in [-0.4, -0.2) is 44.2 Å². The minimum absolute atomic E-state index is 0.216. The molecule has 0 aliphatic carbocycles. The second-order valence-electron chi connectivity index (χ2n) is 4.58. The highest BCUT2D eigenvalue weighted by atomic mass is 16.6. The van der Waals surface area contributed by atoms with Crippen LogP contribution in [0.3, 0.4) is 0 Å². The first-order valence-electron chi connectivity index (χ1n) is 6.40. The van der Waals surface area contributed by atoms with Gasteiger partial charge in [0.2, 0.25) is 0 Å². The minimum atomic E-state index is -1.66. The number of hydrogen-bond acceptors (Lipinski definition) is 6. The van der Waals surface area contributed by atoms with Crippen LogP contribution in [0.4, 0.5) is 5.69 Å². The Bertz CT molecular complexity index is 630. The molecule has 10 nitrogen and oxygen atoms in total. The summed E-state index contributed by atoms with van der Waals surface area (Å²) in [5, 5.41) is 40.1. The Hall–Kier alpha value is -3.01. The highest BCUT2D eigenvalue weighted by molar-refractivity contribution is 5.80. The number of hydrogen-bond donors (Lipinski definition) is 4. The van der Waals surface area contributed by atoms with Gasteiger partial charge in [-0.1, -0.05) is 12.1 Å². The van der Waals surface area contributed by atoms with Crippen LogP contribution in [0.25, 0.3) is 0 Å². The fourth-order valence-electron chi connectivity index (χ4n) is 1.94. The number of carbonyl (C=O) groups is 3. The zero-order valence-corrected chi connectivity index (χ0v) is 11.7. The van der Waals surface area contributed by atoms with E-state index in [1.54, 1.807) is 0 Å². The molecule has 0 radical (unpaired) electrons. The third kappa shape index (κ3) is 5.04. The predicted octanol–water partition coefficient (Wildman–Crippen LogP) is 0.628. The van der Waals surface area contributed by atoms with Gasteiger partial charge in [-0.2, -0.15) is 0 Å². The molecule has 0 fully saturated rings. The summed E-state index contributed by atoms with van der Waals surface area (Å²) in [7, 11) is 0. The smallest absolute Gasteiger partial charge is 0.325 e. The average molecular weight is 326 g/mol. The van der Waals surface area contributed by atoms with Gasteiger partial charge in [0.25, 0.3) is 5.69 Å². The van der Waals surface area contributed by atoms with E-state index in [9.17, 15) is 29.6 Å². The summed E-state index contributed by atoms with van der Waals surface area (Å²) in [6.45, 7) is 0. The molecule has 0 amide bonds. The summed E-state index contributed by atoms with van der Waals surface area (Å²) in [6.07, 6.45) is -0.859. The lowest BCUT2D eigenvalue weighted by Crippen LogP contribution is -2.42. The Morgan fingerprint density at radius 1 is 1.13 bits per heavy atom. The summed E-state index contributed by atoms with van der Waals surface area (Å²) in [6, 6.07) is 1.88. The monoisotopic (exact) mass is 326 g/mol. The molecule has 0 spiro atoms. The molecule has 0 aliphatic rings. The summed E-state index contributed by atoms with van der Waals surface area (Å²) in [4.78, 5) is 43.2. The normalized spacial score (nSPS) is 13.0. The van der Waals surface area contributed by atoms with E-state index in [4.69, 9.17) is 10.2 Å². The molecule has 0 bridgehead atoms. The lowest BCUT2D eigenvalue weighted by molar-refractivity contribution is -0.385. The molecule has 0 saturated heterocycles. The Labute approximate surface area is 129 Å². The Kier molecular flexibility index (Phi) is 6.15. The van der Waals surface area contributed by atoms with Gasteiger partial charge in [0.1, 0.15) is 12.1 Å². The maximum atomic E-state index is 11.4. The quantitative estimate of drug-likeness (QED) is 0.375. The average Bonchev–Trinajstić information content (AvgIpc) is 2.46. The maximum absolute atomic E-state index is 11.4. The summed E-state index contributed by atoms with van der Waals surface area (Å²) in [5.41, 5.74) is -0.693. The molecular weight excluding hydrogens is 312 g/mol. The Morgan fingerprint density at radius 2 is 1.74 bits per heavy atom. The summed E-state index contributed by atoms with van der Waals surface area (Å²) >= 11 is 0. The number of nitrogens with one attached hydrogen (secondary N) is 1. The zero-order valence-electron chi connectivity index (χ0n) is 11.7. The molecule has 2 atom stereocenters. The molecule has 0 heterocycles. The van der Waals surface area contributed by atoms with E-state index in [1.807, 2.05) is 0 Å². The van der Waals surface area contributed by atoms with Crippen LogP contribution in [-0.2, 0) is 14.4 Å². The van der Waals surface area contributed by atoms with E-state index in [0.717, 1.165) is 6.07 Å². The highest BCUT2D eigenvalue weighted by Gasteiger charge is 2.31. The van der Waals surface area contributed by atoms with Crippen molar-refractivity contribution < 1.29 is 34.6 Å². The van der Waals surface area contributed by atoms with Crippen LogP contribution < -0.4 is 5.32 Å². The van der Waals surface area contributed by atoms with Crippen molar-refractivity contribution in [1.29, 1.82) is 0 Å². The molecule has 0 aromatic heterocycles. The standard InChI is InChI=1S/C13H14N2O8/c16-10(17)6-5-8(12(18)19)14-11(13(20)21)7-3-1-2-4-9(7)15(22)23/h1-4,8,11,14H,5-6H2,(H,16,17)(H,18,19)(H,20,21). The third-order valence-electron chi connectivity index (χ3n) is 3.00. The zero-order chi connectivity index (χ0) is 17.6. The molecule has 0 saturated carbocycles. The summed E-state index contributed by atoms with van der Waals surface area (Å²) < 4.78 is 0. The number of nitrogens with zero attached hydrogens (tertiary/aromatic N) is 1. The molecule has 2 unspecified atom stereocenters. The minimum Gasteiger partial charge on any atom is -0.481 e. The molecule has 1 aromatic rings. The first-order valence-corrected chi connectivity index (χ1v) is 6.40. The van der Waals surface area contributed by atoms with Crippen LogP contribution in [0.2, 0.25) is 0 Å². The molecule has 0 aliphatic heterocycles. The number of carboxylic acid groups (broad SMARTS) is 3. The van der Waals surface area contributed by atoms with Crippen molar-refractivity contribution in [3.63, 3.8) is 0 Å². The van der Waals surface area contributed by atoms with Crippen molar-refractivity contribution >= 4 is 23.6 Å². The lowest BCUT2D eigenvalue weighted by Gasteiger charge is -2.20. The van der Waals surface area contributed by atoms with Crippen molar-refractivity contribution in [2.45, 2.75) is 24.9 Å². The number of nitro benzene ring substituents is 1. The largest absolute Gasteiger partial charge is 0.481 e. The van der Waals surface area contributed by atoms with Gasteiger partial charge in [-0.15, -0.1) is 0 Å². The maximum Gasteiger partial charge on any atom is 0.325 e. The molecular formula is C13H14N2O8. The van der Waals surface area contributed by atoms with E-state index in [0.29, 0.717) is 0 Å². The number of aliphatic carboxylic acids is 3. The third-order valence-corrected chi connectivity index (χ3v) is 3.00. The first kappa shape index (κ1) is 18.0. The number of benzene rings is 1. The van der Waals surface area contributed by atoms with Crippen molar-refractivity contribution in [3.8, 4) is 0 Å². The highest BCUT2D eigenvalue weighted by Crippen LogP contribution is 2.25. The van der Waals surface area contributed by atoms with E-state index in [1.165, 1.54) is 18.2 Å². The molecule has 1 rings (SSSR count). The van der Waals surface area contributed by atoms with Crippen LogP contribution >= 0.6 is 0 Å². The van der Waals surface area contributed by atoms with Crippen LogP contribution in [0.1, 0.15) is 24.4 Å². The number of nitro groups is 1. The van der Waals surface area contributed by atoms with Crippen LogP contribution in [0.5, 0.6) is 0 Å². The Morgan fingerprint density at radius 3 is 2.22 bits per heavy atom. The molecule has 23 heavy (non-hydrogen) atoms. The second kappa shape index (κ2) is 7.84. The van der Waals surface area contributed by atoms with Gasteiger partial charge in [-0.05, 0) is 12.5 Å². The SMILES string of the molecule is O=C(O)CCC(NC(C(=O)O)c1ccccc1[N+](=O)[O-])C(=O)O. The van der Waals surface area contributed by atoms with E-state index in [-0.39, 0.29) is 12.0 Å². The van der Waals surface area contributed by atoms with E-state index in [2.05, 4.69) is 5.32 Å². The van der Waals surface area contributed by atoms with Gasteiger partial charge in [-0.25, -0.2) is 0 Å². The predicted molar refractivity (Wildman–Crippen MR) is 74.9 cm³/mol. The summed E-state index contributed by atoms with van der Waals surface area (Å²) in [5.74, 6) is -4.20. The topological polar surface area (TPSA) is 167 Å². The van der Waals surface area contributed by atoms with Crippen LogP contribution in [0, 0.1) is 10.1 Å². The van der Waals surface area contributed by atoms with Crippen LogP contribution in [0.15, 0.2) is 24.3 Å². The second-order valence-corrected chi connectivity index (χ2v) is 4.58. The van der Waals surface area contributed by atoms with Gasteiger partial charge in [0.05, 0.1) is 10.5 Å². The molecule has 10 heteroatoms. The Balaban J connectivity index is 3.11. The van der Waals surface area contributed by atoms with E-state index < -0.39 is 47.0 Å². The van der Waals surface area contributed by atoms with Gasteiger partial charge < -0.3 is 15.3 Å². The number of para-hydroxylation sites is 1. The lowest BCUT2D eigenvalue weighted by atomic mass is 10.0. The molecule has 124 valence electrons. The van der Waals surface area contributed by atoms with Crippen molar-refractivity contribution in [1.82, 2.24) is 5.32 Å². The molecule has 1 aromatic carbocycles. The van der Waals surface area contributed by atoms with Crippen molar-refractivity contribution in [2.24, 2.45) is 0 Å². The van der Waals surface area contributed by atoms with Gasteiger partial charge >= 0.3 is 17.9 Å². The van der Waals surface area contributed by atoms with Gasteiger partial charge in [-0.3, -0.25) is 29.8 Å². The van der Waals surface area contributed by atoms with Gasteiger partial charge in [0.15, 0.2) is 0 Å². The first-order chi connectivity index (χ1) is 10.7. The molecule has 4 N–H and O–H groups in total. The van der Waals surface area contributed by atoms with Crippen molar-refractivity contribution in [2.75, 3.05) is 0 Å². The fourth-order valence-corrected chi connectivity index (χ4v) is 1.94. The van der Waals surface area contributed by atoms with E-state index >= 15 is 0 Å².